The Balaban J connectivity index is 1.69. The number of thiazole rings is 1. The van der Waals surface area contributed by atoms with Crippen LogP contribution >= 0.6 is 22.9 Å². The number of hydrogen-bond acceptors (Lipinski definition) is 5. The Bertz CT molecular complexity index is 877. The summed E-state index contributed by atoms with van der Waals surface area (Å²) in [6.45, 7) is 4.20. The van der Waals surface area contributed by atoms with Gasteiger partial charge >= 0.3 is 0 Å². The van der Waals surface area contributed by atoms with E-state index in [-0.39, 0.29) is 11.6 Å². The first-order chi connectivity index (χ1) is 11.0. The Morgan fingerprint density at radius 1 is 1.35 bits per heavy atom. The van der Waals surface area contributed by atoms with Gasteiger partial charge in [-0.25, -0.2) is 4.98 Å². The van der Waals surface area contributed by atoms with Crippen LogP contribution < -0.4 is 10.1 Å². The van der Waals surface area contributed by atoms with E-state index in [4.69, 9.17) is 16.3 Å². The van der Waals surface area contributed by atoms with E-state index in [1.165, 1.54) is 0 Å². The Hall–Kier alpha value is -1.85. The third-order valence-corrected chi connectivity index (χ3v) is 5.12. The zero-order valence-corrected chi connectivity index (χ0v) is 14.4. The maximum Gasteiger partial charge on any atom is 0.184 e. The quantitative estimate of drug-likeness (QED) is 0.705. The molecule has 1 atom stereocenters. The van der Waals surface area contributed by atoms with Crippen LogP contribution in [0.25, 0.3) is 10.2 Å². The fourth-order valence-electron chi connectivity index (χ4n) is 2.93. The van der Waals surface area contributed by atoms with Crippen molar-refractivity contribution in [1.82, 2.24) is 9.97 Å². The minimum atomic E-state index is -0.230. The van der Waals surface area contributed by atoms with Gasteiger partial charge in [0.2, 0.25) is 0 Å². The molecule has 0 bridgehead atoms. The van der Waals surface area contributed by atoms with E-state index < -0.39 is 0 Å². The Kier molecular flexibility index (Phi) is 3.43. The summed E-state index contributed by atoms with van der Waals surface area (Å²) in [7, 11) is 0. The summed E-state index contributed by atoms with van der Waals surface area (Å²) in [5.41, 5.74) is 1.76. The van der Waals surface area contributed by atoms with E-state index in [2.05, 4.69) is 29.1 Å². The number of hydrogen-bond donors (Lipinski definition) is 1. The molecule has 1 aromatic carbocycles. The van der Waals surface area contributed by atoms with Gasteiger partial charge in [0.15, 0.2) is 5.13 Å². The molecule has 1 aliphatic rings. The lowest BCUT2D eigenvalue weighted by atomic mass is 9.91. The van der Waals surface area contributed by atoms with Crippen molar-refractivity contribution in [2.75, 3.05) is 5.32 Å². The highest BCUT2D eigenvalue weighted by molar-refractivity contribution is 7.22. The van der Waals surface area contributed by atoms with Crippen LogP contribution in [0.3, 0.4) is 0 Å². The fourth-order valence-corrected chi connectivity index (χ4v) is 3.99. The van der Waals surface area contributed by atoms with Gasteiger partial charge in [0.25, 0.3) is 0 Å². The molecule has 4 nitrogen and oxygen atoms in total. The summed E-state index contributed by atoms with van der Waals surface area (Å²) in [6, 6.07) is 7.83. The number of rotatable bonds is 2. The molecule has 0 radical (unpaired) electrons. The van der Waals surface area contributed by atoms with Crippen LogP contribution in [0.5, 0.6) is 5.75 Å². The van der Waals surface area contributed by atoms with Crippen molar-refractivity contribution in [3.63, 3.8) is 0 Å². The molecule has 118 valence electrons. The third kappa shape index (κ3) is 2.86. The third-order valence-electron chi connectivity index (χ3n) is 3.91. The topological polar surface area (TPSA) is 47.0 Å². The fraction of sp³-hybridized carbons (Fsp3) is 0.294. The molecule has 23 heavy (non-hydrogen) atoms. The first-order valence-electron chi connectivity index (χ1n) is 7.46. The van der Waals surface area contributed by atoms with E-state index in [9.17, 15) is 0 Å². The van der Waals surface area contributed by atoms with Crippen LogP contribution in [0.4, 0.5) is 5.13 Å². The van der Waals surface area contributed by atoms with Crippen molar-refractivity contribution in [3.8, 4) is 5.75 Å². The van der Waals surface area contributed by atoms with Crippen molar-refractivity contribution >= 4 is 38.3 Å². The molecule has 4 rings (SSSR count). The number of ether oxygens (including phenoxy) is 1. The highest BCUT2D eigenvalue weighted by atomic mass is 35.5. The molecular formula is C17H16ClN3OS. The molecule has 1 N–H and O–H groups in total. The van der Waals surface area contributed by atoms with Crippen molar-refractivity contribution in [1.29, 1.82) is 0 Å². The summed E-state index contributed by atoms with van der Waals surface area (Å²) in [6.07, 6.45) is 4.48. The van der Waals surface area contributed by atoms with Gasteiger partial charge in [-0.2, -0.15) is 0 Å². The molecule has 1 aliphatic heterocycles. The van der Waals surface area contributed by atoms with E-state index in [1.807, 2.05) is 30.5 Å². The highest BCUT2D eigenvalue weighted by Crippen LogP contribution is 2.41. The van der Waals surface area contributed by atoms with E-state index >= 15 is 0 Å². The average Bonchev–Trinajstić information content (AvgIpc) is 2.87. The number of benzene rings is 1. The van der Waals surface area contributed by atoms with Crippen molar-refractivity contribution in [2.45, 2.75) is 31.9 Å². The number of nitrogens with zero attached hydrogens (tertiary/aromatic N) is 2. The molecule has 3 aromatic rings. The van der Waals surface area contributed by atoms with Crippen molar-refractivity contribution in [3.05, 3.63) is 47.2 Å². The number of pyridine rings is 1. The monoisotopic (exact) mass is 345 g/mol. The predicted octanol–water partition coefficient (Wildman–Crippen LogP) is 5.06. The summed E-state index contributed by atoms with van der Waals surface area (Å²) >= 11 is 7.68. The lowest BCUT2D eigenvalue weighted by Crippen LogP contribution is -2.37. The van der Waals surface area contributed by atoms with Crippen LogP contribution in [0.2, 0.25) is 5.02 Å². The lowest BCUT2D eigenvalue weighted by molar-refractivity contribution is 0.0756. The highest BCUT2D eigenvalue weighted by Gasteiger charge is 2.34. The number of halogens is 1. The second-order valence-corrected chi connectivity index (χ2v) is 7.77. The second kappa shape index (κ2) is 5.35. The first-order valence-corrected chi connectivity index (χ1v) is 8.65. The molecule has 0 amide bonds. The van der Waals surface area contributed by atoms with Gasteiger partial charge in [0.1, 0.15) is 11.4 Å². The molecule has 0 aliphatic carbocycles. The minimum absolute atomic E-state index is 0.124. The second-order valence-electron chi connectivity index (χ2n) is 6.31. The lowest BCUT2D eigenvalue weighted by Gasteiger charge is -2.37. The van der Waals surface area contributed by atoms with Crippen molar-refractivity contribution in [2.24, 2.45) is 0 Å². The van der Waals surface area contributed by atoms with Gasteiger partial charge in [0.05, 0.1) is 16.3 Å². The first kappa shape index (κ1) is 14.7. The zero-order chi connectivity index (χ0) is 16.0. The summed E-state index contributed by atoms with van der Waals surface area (Å²) in [5, 5.41) is 5.14. The molecule has 0 saturated carbocycles. The largest absolute Gasteiger partial charge is 0.487 e. The molecule has 0 unspecified atom stereocenters. The summed E-state index contributed by atoms with van der Waals surface area (Å²) in [5.74, 6) is 0.887. The van der Waals surface area contributed by atoms with Crippen LogP contribution in [0.15, 0.2) is 36.7 Å². The van der Waals surface area contributed by atoms with Gasteiger partial charge in [0, 0.05) is 29.4 Å². The molecule has 3 heterocycles. The maximum absolute atomic E-state index is 6.05. The Labute approximate surface area is 143 Å². The van der Waals surface area contributed by atoms with Gasteiger partial charge < -0.3 is 10.1 Å². The average molecular weight is 346 g/mol. The molecule has 0 saturated heterocycles. The SMILES string of the molecule is CC1(C)C[C@H](Nc2nc3cc(Cl)ccc3s2)c2cnccc2O1. The smallest absolute Gasteiger partial charge is 0.184 e. The summed E-state index contributed by atoms with van der Waals surface area (Å²) < 4.78 is 7.17. The normalized spacial score (nSPS) is 19.2. The molecule has 2 aromatic heterocycles. The molecule has 0 spiro atoms. The van der Waals surface area contributed by atoms with E-state index in [0.29, 0.717) is 5.02 Å². The summed E-state index contributed by atoms with van der Waals surface area (Å²) in [4.78, 5) is 8.89. The number of aromatic nitrogens is 2. The minimum Gasteiger partial charge on any atom is -0.487 e. The number of fused-ring (bicyclic) bond motifs is 2. The van der Waals surface area contributed by atoms with Crippen molar-refractivity contribution < 1.29 is 4.74 Å². The Morgan fingerprint density at radius 3 is 3.09 bits per heavy atom. The van der Waals surface area contributed by atoms with Gasteiger partial charge in [-0.1, -0.05) is 22.9 Å². The zero-order valence-electron chi connectivity index (χ0n) is 12.8. The maximum atomic E-state index is 6.05. The Morgan fingerprint density at radius 2 is 2.22 bits per heavy atom. The molecular weight excluding hydrogens is 330 g/mol. The predicted molar refractivity (Wildman–Crippen MR) is 94.6 cm³/mol. The molecule has 0 fully saturated rings. The molecule has 6 heteroatoms. The van der Waals surface area contributed by atoms with Crippen LogP contribution in [0, 0.1) is 0 Å². The standard InChI is InChI=1S/C17H16ClN3OS/c1-17(2)8-13(11-9-19-6-5-14(11)22-17)21-16-20-12-7-10(18)3-4-15(12)23-16/h3-7,9,13H,8H2,1-2H3,(H,20,21)/t13-/m0/s1. The van der Waals surface area contributed by atoms with E-state index in [1.54, 1.807) is 17.5 Å². The van der Waals surface area contributed by atoms with Gasteiger partial charge in [-0.05, 0) is 38.1 Å². The van der Waals surface area contributed by atoms with Crippen LogP contribution in [0.1, 0.15) is 31.9 Å². The van der Waals surface area contributed by atoms with Gasteiger partial charge in [-0.3, -0.25) is 4.98 Å². The van der Waals surface area contributed by atoms with Crippen LogP contribution in [-0.2, 0) is 0 Å². The number of anilines is 1. The van der Waals surface area contributed by atoms with Crippen LogP contribution in [-0.4, -0.2) is 15.6 Å². The van der Waals surface area contributed by atoms with Gasteiger partial charge in [-0.15, -0.1) is 0 Å². The number of nitrogens with one attached hydrogen (secondary N) is 1. The van der Waals surface area contributed by atoms with E-state index in [0.717, 1.165) is 33.1 Å².